The molecule has 11 nitrogen and oxygen atoms in total. The van der Waals surface area contributed by atoms with Crippen LogP contribution in [-0.2, 0) is 51.7 Å². The zero-order valence-electron chi connectivity index (χ0n) is 30.8. The molecule has 2 aliphatic rings. The summed E-state index contributed by atoms with van der Waals surface area (Å²) >= 11 is 1.48. The van der Waals surface area contributed by atoms with Crippen LogP contribution in [0.25, 0.3) is 0 Å². The van der Waals surface area contributed by atoms with Gasteiger partial charge in [-0.25, -0.2) is 13.2 Å². The highest BCUT2D eigenvalue weighted by Crippen LogP contribution is 2.36. The predicted molar refractivity (Wildman–Crippen MR) is 210 cm³/mol. The fourth-order valence-corrected chi connectivity index (χ4v) is 10.7. The van der Waals surface area contributed by atoms with Crippen LogP contribution in [0.4, 0.5) is 5.69 Å². The number of sulfonamides is 1. The van der Waals surface area contributed by atoms with Crippen molar-refractivity contribution in [3.8, 4) is 0 Å². The van der Waals surface area contributed by atoms with E-state index in [9.17, 15) is 32.7 Å². The summed E-state index contributed by atoms with van der Waals surface area (Å²) in [6, 6.07) is 20.1. The van der Waals surface area contributed by atoms with Gasteiger partial charge in [-0.15, -0.1) is 11.3 Å². The number of hydrogen-bond acceptors (Lipinski definition) is 8. The summed E-state index contributed by atoms with van der Waals surface area (Å²) in [5, 5.41) is 21.6. The van der Waals surface area contributed by atoms with Gasteiger partial charge in [-0.2, -0.15) is 4.31 Å². The van der Waals surface area contributed by atoms with Gasteiger partial charge in [0, 0.05) is 47.1 Å². The third-order valence-corrected chi connectivity index (χ3v) is 13.9. The average Bonchev–Trinajstić information content (AvgIpc) is 3.56. The van der Waals surface area contributed by atoms with Gasteiger partial charge in [0.05, 0.1) is 28.5 Å². The number of anilines is 1. The van der Waals surface area contributed by atoms with Crippen molar-refractivity contribution < 1.29 is 42.5 Å². The summed E-state index contributed by atoms with van der Waals surface area (Å²) in [4.78, 5) is 52.2. The summed E-state index contributed by atoms with van der Waals surface area (Å²) in [7, 11) is -2.56. The maximum atomic E-state index is 14.1. The first kappa shape index (κ1) is 40.0. The zero-order valence-corrected chi connectivity index (χ0v) is 32.4. The number of hydrogen-bond donors (Lipinski definition) is 3. The van der Waals surface area contributed by atoms with E-state index in [0.29, 0.717) is 41.8 Å². The van der Waals surface area contributed by atoms with Crippen molar-refractivity contribution in [1.29, 1.82) is 0 Å². The number of thiophene rings is 1. The Hall–Kier alpha value is -4.69. The molecule has 1 amide bonds. The molecular formula is C42H46N2O9S2. The number of carboxylic acids is 2. The second-order valence-corrected chi connectivity index (χ2v) is 17.3. The van der Waals surface area contributed by atoms with E-state index in [2.05, 4.69) is 5.32 Å². The number of amides is 1. The smallest absolute Gasteiger partial charge is 0.335 e. The Morgan fingerprint density at radius 2 is 1.51 bits per heavy atom. The van der Waals surface area contributed by atoms with Crippen LogP contribution < -0.4 is 5.32 Å². The highest BCUT2D eigenvalue weighted by atomic mass is 32.2. The molecule has 1 saturated carbocycles. The molecule has 13 heteroatoms. The van der Waals surface area contributed by atoms with Crippen LogP contribution >= 0.6 is 11.3 Å². The molecule has 55 heavy (non-hydrogen) atoms. The van der Waals surface area contributed by atoms with Crippen LogP contribution in [0.1, 0.15) is 96.0 Å². The lowest BCUT2D eigenvalue weighted by Crippen LogP contribution is -2.44. The summed E-state index contributed by atoms with van der Waals surface area (Å²) in [6.45, 7) is 0.271. The highest BCUT2D eigenvalue weighted by molar-refractivity contribution is 7.89. The molecular weight excluding hydrogens is 741 g/mol. The predicted octanol–water partition coefficient (Wildman–Crippen LogP) is 7.07. The Kier molecular flexibility index (Phi) is 13.0. The molecule has 0 unspecified atom stereocenters. The summed E-state index contributed by atoms with van der Waals surface area (Å²) in [6.07, 6.45) is 6.57. The first-order valence-electron chi connectivity index (χ1n) is 18.7. The molecule has 1 heterocycles. The summed E-state index contributed by atoms with van der Waals surface area (Å²) in [5.41, 5.74) is 4.70. The van der Waals surface area contributed by atoms with Crippen LogP contribution in [0, 0.1) is 5.92 Å². The third-order valence-electron chi connectivity index (χ3n) is 10.6. The van der Waals surface area contributed by atoms with Crippen molar-refractivity contribution in [3.05, 3.63) is 116 Å². The van der Waals surface area contributed by atoms with Gasteiger partial charge in [0.2, 0.25) is 10.0 Å². The Labute approximate surface area is 325 Å². The number of carboxylic acid groups (broad SMARTS) is 2. The van der Waals surface area contributed by atoms with Crippen molar-refractivity contribution in [1.82, 2.24) is 4.31 Å². The molecule has 3 N–H and O–H groups in total. The largest absolute Gasteiger partial charge is 0.481 e. The number of nitrogens with one attached hydrogen (secondary N) is 1. The number of aliphatic carboxylic acids is 1. The van der Waals surface area contributed by atoms with Gasteiger partial charge in [0.1, 0.15) is 0 Å². The first-order chi connectivity index (χ1) is 26.4. The minimum absolute atomic E-state index is 0.0159. The van der Waals surface area contributed by atoms with E-state index >= 15 is 0 Å². The van der Waals surface area contributed by atoms with E-state index in [1.807, 2.05) is 36.4 Å². The number of methoxy groups -OCH3 is 1. The molecule has 0 saturated heterocycles. The lowest BCUT2D eigenvalue weighted by molar-refractivity contribution is -0.143. The van der Waals surface area contributed by atoms with Crippen molar-refractivity contribution in [2.75, 3.05) is 25.6 Å². The second-order valence-electron chi connectivity index (χ2n) is 14.2. The third kappa shape index (κ3) is 9.58. The van der Waals surface area contributed by atoms with Gasteiger partial charge in [-0.05, 0) is 117 Å². The first-order valence-corrected chi connectivity index (χ1v) is 20.9. The van der Waals surface area contributed by atoms with Crippen molar-refractivity contribution in [2.24, 2.45) is 5.92 Å². The minimum Gasteiger partial charge on any atom is -0.481 e. The van der Waals surface area contributed by atoms with Gasteiger partial charge in [0.25, 0.3) is 5.91 Å². The molecule has 290 valence electrons. The van der Waals surface area contributed by atoms with Crippen LogP contribution in [0.3, 0.4) is 0 Å². The number of carbonyl (C=O) groups is 4. The van der Waals surface area contributed by atoms with Gasteiger partial charge in [-0.3, -0.25) is 14.4 Å². The van der Waals surface area contributed by atoms with Crippen LogP contribution in [-0.4, -0.2) is 72.9 Å². The quantitative estimate of drug-likeness (QED) is 0.101. The van der Waals surface area contributed by atoms with Crippen molar-refractivity contribution >= 4 is 50.7 Å². The maximum absolute atomic E-state index is 14.1. The Balaban J connectivity index is 1.16. The number of fused-ring (bicyclic) bond motifs is 1. The Morgan fingerprint density at radius 1 is 0.855 bits per heavy atom. The summed E-state index contributed by atoms with van der Waals surface area (Å²) in [5.74, 6) is -2.89. The Morgan fingerprint density at radius 3 is 2.15 bits per heavy atom. The molecule has 6 rings (SSSR count). The van der Waals surface area contributed by atoms with E-state index in [1.54, 1.807) is 24.3 Å². The fourth-order valence-electron chi connectivity index (χ4n) is 7.57. The monoisotopic (exact) mass is 786 g/mol. The zero-order chi connectivity index (χ0) is 39.1. The number of ether oxygens (including phenoxy) is 1. The van der Waals surface area contributed by atoms with Gasteiger partial charge in [0.15, 0.2) is 5.78 Å². The molecule has 3 aromatic carbocycles. The van der Waals surface area contributed by atoms with Gasteiger partial charge < -0.3 is 20.3 Å². The van der Waals surface area contributed by atoms with E-state index < -0.39 is 27.9 Å². The lowest BCUT2D eigenvalue weighted by Gasteiger charge is -2.35. The number of aryl methyl sites for hydroxylation is 3. The molecule has 2 aliphatic carbocycles. The van der Waals surface area contributed by atoms with Gasteiger partial charge in [-0.1, -0.05) is 36.4 Å². The highest BCUT2D eigenvalue weighted by Gasteiger charge is 2.36. The van der Waals surface area contributed by atoms with E-state index in [4.69, 9.17) is 9.84 Å². The van der Waals surface area contributed by atoms with Crippen molar-refractivity contribution in [3.63, 3.8) is 0 Å². The molecule has 0 spiro atoms. The number of Topliss-reactive ketones (excluding diaryl/α,β-unsaturated/α-hetero) is 1. The molecule has 0 aliphatic heterocycles. The second kappa shape index (κ2) is 17.8. The maximum Gasteiger partial charge on any atom is 0.335 e. The molecule has 0 radical (unpaired) electrons. The standard InChI is InChI=1S/C42H46N2O9S2/c1-53-24-23-44(33-21-17-30(18-22-33)42(49)50)55(51,52)34-6-4-5-31(25-34)36(45)26-38-39(35-7-2-3-8-37(35)54-38)40(46)43-32-19-13-28(14-20-32)10-9-27-11-15-29(16-12-27)41(47)48/h4-6,11-16,19-20,25,30,33H,2-3,7-10,17-18,21-24,26H2,1H3,(H,43,46)(H,47,48)(H,49,50). The minimum atomic E-state index is -4.05. The number of nitrogens with zero attached hydrogens (tertiary/aromatic N) is 1. The SMILES string of the molecule is COCCN(C1CCC(C(=O)O)CC1)S(=O)(=O)c1cccc(C(=O)Cc2sc3c(c2C(=O)Nc2ccc(CCc4ccc(C(=O)O)cc4)cc2)CCCC3)c1. The van der Waals surface area contributed by atoms with E-state index in [-0.39, 0.29) is 53.3 Å². The van der Waals surface area contributed by atoms with Gasteiger partial charge >= 0.3 is 11.9 Å². The van der Waals surface area contributed by atoms with E-state index in [0.717, 1.165) is 60.1 Å². The number of benzene rings is 3. The number of rotatable bonds is 16. The molecule has 0 atom stereocenters. The number of carbonyl (C=O) groups excluding carboxylic acids is 2. The topological polar surface area (TPSA) is 167 Å². The normalized spacial score (nSPS) is 17.1. The van der Waals surface area contributed by atoms with Crippen molar-refractivity contribution in [2.45, 2.75) is 81.6 Å². The Bertz CT molecular complexity index is 2140. The molecule has 1 aromatic heterocycles. The molecule has 1 fully saturated rings. The summed E-state index contributed by atoms with van der Waals surface area (Å²) < 4.78 is 34.7. The van der Waals surface area contributed by atoms with Crippen LogP contribution in [0.5, 0.6) is 0 Å². The van der Waals surface area contributed by atoms with Crippen LogP contribution in [0.2, 0.25) is 0 Å². The molecule has 4 aromatic rings. The number of aromatic carboxylic acids is 1. The fraction of sp³-hybridized carbons (Fsp3) is 0.381. The van der Waals surface area contributed by atoms with Crippen LogP contribution in [0.15, 0.2) is 77.7 Å². The number of ketones is 1. The molecule has 0 bridgehead atoms. The lowest BCUT2D eigenvalue weighted by atomic mass is 9.86. The van der Waals surface area contributed by atoms with E-state index in [1.165, 1.54) is 34.9 Å². The average molecular weight is 787 g/mol.